The zero-order valence-corrected chi connectivity index (χ0v) is 14.9. The van der Waals surface area contributed by atoms with E-state index in [1.165, 1.54) is 0 Å². The molecule has 0 bridgehead atoms. The summed E-state index contributed by atoms with van der Waals surface area (Å²) in [7, 11) is 0. The van der Waals surface area contributed by atoms with E-state index in [-0.39, 0.29) is 11.9 Å². The third kappa shape index (κ3) is 4.31. The molecule has 0 saturated heterocycles. The fourth-order valence-electron chi connectivity index (χ4n) is 2.37. The average Bonchev–Trinajstić information content (AvgIpc) is 2.63. The number of hydrogen-bond acceptors (Lipinski definition) is 4. The second kappa shape index (κ2) is 8.43. The maximum absolute atomic E-state index is 12.7. The minimum absolute atomic E-state index is 0.0632. The van der Waals surface area contributed by atoms with Gasteiger partial charge < -0.3 is 10.2 Å². The van der Waals surface area contributed by atoms with Crippen LogP contribution in [0.15, 0.2) is 36.4 Å². The molecule has 2 aromatic rings. The molecular formula is C19H26N4O. The number of hydrogen-bond donors (Lipinski definition) is 1. The SMILES string of the molecule is CCC(C)Nc1cc(C(=O)N(CC)CC)nc(-c2ccccc2)n1. The first-order valence-electron chi connectivity index (χ1n) is 8.59. The van der Waals surface area contributed by atoms with Crippen LogP contribution in [-0.4, -0.2) is 39.9 Å². The Morgan fingerprint density at radius 2 is 1.79 bits per heavy atom. The Kier molecular flexibility index (Phi) is 6.29. The lowest BCUT2D eigenvalue weighted by Gasteiger charge is -2.19. The van der Waals surface area contributed by atoms with E-state index in [2.05, 4.69) is 29.1 Å². The highest BCUT2D eigenvalue weighted by atomic mass is 16.2. The third-order valence-corrected chi connectivity index (χ3v) is 4.03. The third-order valence-electron chi connectivity index (χ3n) is 4.03. The number of rotatable bonds is 7. The Morgan fingerprint density at radius 3 is 2.38 bits per heavy atom. The predicted octanol–water partition coefficient (Wildman–Crippen LogP) is 3.84. The summed E-state index contributed by atoms with van der Waals surface area (Å²) in [6.07, 6.45) is 0.976. The van der Waals surface area contributed by atoms with Crippen LogP contribution in [0.5, 0.6) is 0 Å². The molecule has 1 heterocycles. The fourth-order valence-corrected chi connectivity index (χ4v) is 2.37. The summed E-state index contributed by atoms with van der Waals surface area (Å²) in [5.74, 6) is 1.19. The van der Waals surface area contributed by atoms with Crippen LogP contribution in [0.3, 0.4) is 0 Å². The van der Waals surface area contributed by atoms with Crippen molar-refractivity contribution in [3.05, 3.63) is 42.1 Å². The monoisotopic (exact) mass is 326 g/mol. The minimum atomic E-state index is -0.0632. The number of anilines is 1. The van der Waals surface area contributed by atoms with Gasteiger partial charge in [-0.25, -0.2) is 9.97 Å². The molecule has 1 atom stereocenters. The zero-order valence-electron chi connectivity index (χ0n) is 14.9. The van der Waals surface area contributed by atoms with Crippen molar-refractivity contribution in [1.29, 1.82) is 0 Å². The topological polar surface area (TPSA) is 58.1 Å². The number of nitrogens with one attached hydrogen (secondary N) is 1. The van der Waals surface area contributed by atoms with Gasteiger partial charge in [-0.2, -0.15) is 0 Å². The van der Waals surface area contributed by atoms with Gasteiger partial charge in [-0.1, -0.05) is 37.3 Å². The van der Waals surface area contributed by atoms with Gasteiger partial charge in [0.25, 0.3) is 5.91 Å². The highest BCUT2D eigenvalue weighted by molar-refractivity contribution is 5.93. The Balaban J connectivity index is 2.46. The molecule has 5 nitrogen and oxygen atoms in total. The first-order valence-corrected chi connectivity index (χ1v) is 8.59. The van der Waals surface area contributed by atoms with Crippen LogP contribution in [0.1, 0.15) is 44.6 Å². The van der Waals surface area contributed by atoms with Crippen molar-refractivity contribution in [2.45, 2.75) is 40.2 Å². The summed E-state index contributed by atoms with van der Waals surface area (Å²) in [6.45, 7) is 9.47. The van der Waals surface area contributed by atoms with Crippen LogP contribution in [0.25, 0.3) is 11.4 Å². The Morgan fingerprint density at radius 1 is 1.12 bits per heavy atom. The van der Waals surface area contributed by atoms with E-state index in [4.69, 9.17) is 0 Å². The first kappa shape index (κ1) is 17.9. The smallest absolute Gasteiger partial charge is 0.272 e. The van der Waals surface area contributed by atoms with Crippen molar-refractivity contribution in [2.75, 3.05) is 18.4 Å². The van der Waals surface area contributed by atoms with Gasteiger partial charge in [-0.3, -0.25) is 4.79 Å². The molecular weight excluding hydrogens is 300 g/mol. The lowest BCUT2D eigenvalue weighted by molar-refractivity contribution is 0.0767. The van der Waals surface area contributed by atoms with Crippen LogP contribution in [-0.2, 0) is 0 Å². The van der Waals surface area contributed by atoms with E-state index in [1.54, 1.807) is 11.0 Å². The summed E-state index contributed by atoms with van der Waals surface area (Å²) in [5.41, 5.74) is 1.33. The number of aromatic nitrogens is 2. The quantitative estimate of drug-likeness (QED) is 0.840. The Bertz CT molecular complexity index is 668. The summed E-state index contributed by atoms with van der Waals surface area (Å²) in [5, 5.41) is 3.35. The Labute approximate surface area is 144 Å². The van der Waals surface area contributed by atoms with Gasteiger partial charge in [-0.05, 0) is 27.2 Å². The normalized spacial score (nSPS) is 11.8. The number of carbonyl (C=O) groups excluding carboxylic acids is 1. The van der Waals surface area contributed by atoms with Crippen molar-refractivity contribution in [2.24, 2.45) is 0 Å². The van der Waals surface area contributed by atoms with Gasteiger partial charge >= 0.3 is 0 Å². The molecule has 1 unspecified atom stereocenters. The van der Waals surface area contributed by atoms with E-state index in [9.17, 15) is 4.79 Å². The van der Waals surface area contributed by atoms with Crippen molar-refractivity contribution >= 4 is 11.7 Å². The second-order valence-corrected chi connectivity index (χ2v) is 5.76. The molecule has 128 valence electrons. The van der Waals surface area contributed by atoms with E-state index in [1.807, 2.05) is 44.2 Å². The minimum Gasteiger partial charge on any atom is -0.367 e. The van der Waals surface area contributed by atoms with Crippen LogP contribution < -0.4 is 5.32 Å². The lowest BCUT2D eigenvalue weighted by Crippen LogP contribution is -2.31. The molecule has 2 rings (SSSR count). The number of benzene rings is 1. The van der Waals surface area contributed by atoms with Gasteiger partial charge in [0.05, 0.1) is 0 Å². The molecule has 5 heteroatoms. The summed E-state index contributed by atoms with van der Waals surface area (Å²) < 4.78 is 0. The molecule has 0 aliphatic carbocycles. The van der Waals surface area contributed by atoms with Gasteiger partial charge in [-0.15, -0.1) is 0 Å². The standard InChI is InChI=1S/C19H26N4O/c1-5-14(4)20-17-13-16(19(24)23(6-2)7-3)21-18(22-17)15-11-9-8-10-12-15/h8-14H,5-7H2,1-4H3,(H,20,21,22). The molecule has 1 N–H and O–H groups in total. The maximum Gasteiger partial charge on any atom is 0.272 e. The number of nitrogens with zero attached hydrogens (tertiary/aromatic N) is 3. The average molecular weight is 326 g/mol. The number of amides is 1. The Hall–Kier alpha value is -2.43. The second-order valence-electron chi connectivity index (χ2n) is 5.76. The van der Waals surface area contributed by atoms with Crippen LogP contribution in [0.2, 0.25) is 0 Å². The molecule has 24 heavy (non-hydrogen) atoms. The van der Waals surface area contributed by atoms with Gasteiger partial charge in [0, 0.05) is 30.8 Å². The van der Waals surface area contributed by atoms with Gasteiger partial charge in [0.15, 0.2) is 5.82 Å². The van der Waals surface area contributed by atoms with Crippen LogP contribution >= 0.6 is 0 Å². The van der Waals surface area contributed by atoms with Crippen molar-refractivity contribution < 1.29 is 4.79 Å². The fraction of sp³-hybridized carbons (Fsp3) is 0.421. The zero-order chi connectivity index (χ0) is 17.5. The van der Waals surface area contributed by atoms with Crippen LogP contribution in [0, 0.1) is 0 Å². The highest BCUT2D eigenvalue weighted by Crippen LogP contribution is 2.19. The lowest BCUT2D eigenvalue weighted by atomic mass is 10.2. The van der Waals surface area contributed by atoms with E-state index >= 15 is 0 Å². The molecule has 0 saturated carbocycles. The van der Waals surface area contributed by atoms with Crippen LogP contribution in [0.4, 0.5) is 5.82 Å². The largest absolute Gasteiger partial charge is 0.367 e. The molecule has 0 radical (unpaired) electrons. The number of carbonyl (C=O) groups is 1. The molecule has 0 spiro atoms. The van der Waals surface area contributed by atoms with E-state index < -0.39 is 0 Å². The molecule has 1 amide bonds. The summed E-state index contributed by atoms with van der Waals surface area (Å²) >= 11 is 0. The highest BCUT2D eigenvalue weighted by Gasteiger charge is 2.17. The predicted molar refractivity (Wildman–Crippen MR) is 98.1 cm³/mol. The molecule has 0 aliphatic heterocycles. The first-order chi connectivity index (χ1) is 11.6. The summed E-state index contributed by atoms with van der Waals surface area (Å²) in [4.78, 5) is 23.6. The van der Waals surface area contributed by atoms with Gasteiger partial charge in [0.1, 0.15) is 11.5 Å². The molecule has 1 aromatic carbocycles. The molecule has 0 aliphatic rings. The van der Waals surface area contributed by atoms with Crippen molar-refractivity contribution in [3.8, 4) is 11.4 Å². The molecule has 1 aromatic heterocycles. The summed E-state index contributed by atoms with van der Waals surface area (Å²) in [6, 6.07) is 11.8. The molecule has 0 fully saturated rings. The van der Waals surface area contributed by atoms with Crippen molar-refractivity contribution in [3.63, 3.8) is 0 Å². The van der Waals surface area contributed by atoms with E-state index in [0.717, 1.165) is 12.0 Å². The van der Waals surface area contributed by atoms with E-state index in [0.29, 0.717) is 30.4 Å². The van der Waals surface area contributed by atoms with Gasteiger partial charge in [0.2, 0.25) is 0 Å². The maximum atomic E-state index is 12.7. The van der Waals surface area contributed by atoms with Crippen molar-refractivity contribution in [1.82, 2.24) is 14.9 Å².